The number of allylic oxidation sites excluding steroid dienone is 6. The third-order valence-electron chi connectivity index (χ3n) is 8.64. The van der Waals surface area contributed by atoms with Crippen molar-refractivity contribution < 1.29 is 0 Å². The Morgan fingerprint density at radius 2 is 1.26 bits per heavy atom. The highest BCUT2D eigenvalue weighted by Crippen LogP contribution is 2.50. The van der Waals surface area contributed by atoms with Crippen molar-refractivity contribution in [2.75, 3.05) is 42.9 Å². The van der Waals surface area contributed by atoms with Crippen molar-refractivity contribution in [2.24, 2.45) is 11.3 Å². The maximum absolute atomic E-state index is 9.51. The van der Waals surface area contributed by atoms with E-state index in [1.165, 1.54) is 16.7 Å². The number of anilines is 5. The highest BCUT2D eigenvalue weighted by atomic mass is 15.1. The van der Waals surface area contributed by atoms with Gasteiger partial charge in [-0.05, 0) is 114 Å². The second-order valence-corrected chi connectivity index (χ2v) is 12.4. The third kappa shape index (κ3) is 5.69. The van der Waals surface area contributed by atoms with Crippen LogP contribution in [0.15, 0.2) is 102 Å². The van der Waals surface area contributed by atoms with Gasteiger partial charge in [0.2, 0.25) is 0 Å². The van der Waals surface area contributed by atoms with Gasteiger partial charge in [-0.25, -0.2) is 10.1 Å². The van der Waals surface area contributed by atoms with Gasteiger partial charge in [-0.3, -0.25) is 0 Å². The molecule has 0 fully saturated rings. The summed E-state index contributed by atoms with van der Waals surface area (Å²) in [6.07, 6.45) is 7.27. The first kappa shape index (κ1) is 28.8. The molecule has 3 aromatic carbocycles. The van der Waals surface area contributed by atoms with E-state index < -0.39 is 0 Å². The average Bonchev–Trinajstić information content (AvgIpc) is 2.98. The lowest BCUT2D eigenvalue weighted by Crippen LogP contribution is -2.31. The summed E-state index contributed by atoms with van der Waals surface area (Å²) in [6.45, 7) is 12.0. The lowest BCUT2D eigenvalue weighted by Gasteiger charge is -2.42. The van der Waals surface area contributed by atoms with E-state index in [1.54, 1.807) is 0 Å². The first-order chi connectivity index (χ1) is 20.1. The number of benzene rings is 3. The predicted molar refractivity (Wildman–Crippen MR) is 176 cm³/mol. The molecule has 0 heterocycles. The van der Waals surface area contributed by atoms with Crippen molar-refractivity contribution in [3.8, 4) is 6.07 Å². The van der Waals surface area contributed by atoms with Crippen LogP contribution in [0.25, 0.3) is 10.4 Å². The standard InChI is InChI=1S/C37H39N5/c1-37(2)24-29(36(25-38)39-3)23-28-22-27(10-21-35(28)37)26-8-11-32(12-9-26)42(33-17-13-30(14-18-33)40(4)5)34-19-15-31(16-20-34)41(6)7/h8-9,11-20,22-23,35H,10,21,24H2,1-2,4-7H3/b36-29+. The van der Waals surface area contributed by atoms with Crippen molar-refractivity contribution in [2.45, 2.75) is 33.1 Å². The number of hydrogen-bond acceptors (Lipinski definition) is 4. The van der Waals surface area contributed by atoms with Gasteiger partial charge in [0.1, 0.15) is 0 Å². The van der Waals surface area contributed by atoms with Gasteiger partial charge in [-0.15, -0.1) is 0 Å². The summed E-state index contributed by atoms with van der Waals surface area (Å²) in [5.74, 6) is 0.431. The monoisotopic (exact) mass is 553 g/mol. The topological polar surface area (TPSA) is 37.9 Å². The molecule has 5 nitrogen and oxygen atoms in total. The van der Waals surface area contributed by atoms with E-state index in [1.807, 2.05) is 0 Å². The molecule has 5 rings (SSSR count). The van der Waals surface area contributed by atoms with Gasteiger partial charge in [0.05, 0.1) is 12.6 Å². The highest BCUT2D eigenvalue weighted by molar-refractivity contribution is 5.80. The van der Waals surface area contributed by atoms with Crippen LogP contribution in [0, 0.1) is 29.2 Å². The van der Waals surface area contributed by atoms with Crippen molar-refractivity contribution in [1.82, 2.24) is 0 Å². The second-order valence-electron chi connectivity index (χ2n) is 12.4. The summed E-state index contributed by atoms with van der Waals surface area (Å²) in [5, 5.41) is 9.51. The molecule has 0 aliphatic heterocycles. The molecule has 212 valence electrons. The Morgan fingerprint density at radius 3 is 1.71 bits per heavy atom. The van der Waals surface area contributed by atoms with Gasteiger partial charge in [0.25, 0.3) is 5.70 Å². The van der Waals surface area contributed by atoms with E-state index in [0.29, 0.717) is 5.92 Å². The van der Waals surface area contributed by atoms with Gasteiger partial charge < -0.3 is 14.7 Å². The smallest absolute Gasteiger partial charge is 0.265 e. The van der Waals surface area contributed by atoms with Crippen LogP contribution in [0.3, 0.4) is 0 Å². The maximum Gasteiger partial charge on any atom is 0.265 e. The molecule has 5 heteroatoms. The molecule has 0 N–H and O–H groups in total. The van der Waals surface area contributed by atoms with E-state index in [9.17, 15) is 5.26 Å². The minimum atomic E-state index is 0.0167. The fourth-order valence-corrected chi connectivity index (χ4v) is 6.31. The Labute approximate surface area is 251 Å². The zero-order chi connectivity index (χ0) is 30.0. The summed E-state index contributed by atoms with van der Waals surface area (Å²) in [7, 11) is 8.23. The van der Waals surface area contributed by atoms with Crippen LogP contribution in [-0.2, 0) is 0 Å². The van der Waals surface area contributed by atoms with Crippen molar-refractivity contribution >= 4 is 34.0 Å². The van der Waals surface area contributed by atoms with Crippen LogP contribution in [-0.4, -0.2) is 28.2 Å². The van der Waals surface area contributed by atoms with Crippen LogP contribution >= 0.6 is 0 Å². The van der Waals surface area contributed by atoms with Crippen molar-refractivity contribution in [3.63, 3.8) is 0 Å². The highest BCUT2D eigenvalue weighted by Gasteiger charge is 2.38. The average molecular weight is 554 g/mol. The number of nitrogens with zero attached hydrogens (tertiary/aromatic N) is 5. The van der Waals surface area contributed by atoms with E-state index in [-0.39, 0.29) is 11.1 Å². The molecule has 1 unspecified atom stereocenters. The molecular formula is C37H39N5. The fraction of sp³-hybridized carbons (Fsp3) is 0.297. The lowest BCUT2D eigenvalue weighted by atomic mass is 9.62. The first-order valence-electron chi connectivity index (χ1n) is 14.5. The van der Waals surface area contributed by atoms with Crippen LogP contribution in [0.2, 0.25) is 0 Å². The summed E-state index contributed by atoms with van der Waals surface area (Å²) >= 11 is 0. The van der Waals surface area contributed by atoms with Crippen molar-refractivity contribution in [1.29, 1.82) is 5.26 Å². The second kappa shape index (κ2) is 11.6. The maximum atomic E-state index is 9.51. The van der Waals surface area contributed by atoms with Crippen LogP contribution in [0.5, 0.6) is 0 Å². The number of nitriles is 1. The number of fused-ring (bicyclic) bond motifs is 1. The summed E-state index contributed by atoms with van der Waals surface area (Å²) < 4.78 is 0. The molecule has 0 bridgehead atoms. The molecule has 0 aromatic heterocycles. The Hall–Kier alpha value is -4.74. The van der Waals surface area contributed by atoms with Crippen molar-refractivity contribution in [3.05, 3.63) is 119 Å². The third-order valence-corrected chi connectivity index (χ3v) is 8.64. The van der Waals surface area contributed by atoms with Crippen LogP contribution < -0.4 is 14.7 Å². The molecule has 1 atom stereocenters. The van der Waals surface area contributed by atoms with Crippen LogP contribution in [0.1, 0.15) is 38.7 Å². The minimum Gasteiger partial charge on any atom is -0.378 e. The molecule has 2 aliphatic carbocycles. The predicted octanol–water partition coefficient (Wildman–Crippen LogP) is 9.14. The zero-order valence-corrected chi connectivity index (χ0v) is 25.5. The van der Waals surface area contributed by atoms with Gasteiger partial charge in [0, 0.05) is 56.6 Å². The van der Waals surface area contributed by atoms with Crippen LogP contribution in [0.4, 0.5) is 28.4 Å². The van der Waals surface area contributed by atoms with E-state index in [4.69, 9.17) is 6.57 Å². The summed E-state index contributed by atoms with van der Waals surface area (Å²) in [6, 6.07) is 28.3. The van der Waals surface area contributed by atoms with E-state index in [2.05, 4.69) is 153 Å². The molecule has 0 radical (unpaired) electrons. The van der Waals surface area contributed by atoms with Gasteiger partial charge >= 0.3 is 0 Å². The Morgan fingerprint density at radius 1 is 0.786 bits per heavy atom. The first-order valence-corrected chi connectivity index (χ1v) is 14.5. The summed E-state index contributed by atoms with van der Waals surface area (Å²) in [4.78, 5) is 10.0. The quantitative estimate of drug-likeness (QED) is 0.225. The molecule has 3 aromatic rings. The molecule has 42 heavy (non-hydrogen) atoms. The Bertz CT molecular complexity index is 1550. The molecule has 0 spiro atoms. The largest absolute Gasteiger partial charge is 0.378 e. The fourth-order valence-electron chi connectivity index (χ4n) is 6.31. The normalized spacial score (nSPS) is 18.4. The number of rotatable bonds is 6. The van der Waals surface area contributed by atoms with E-state index in [0.717, 1.165) is 53.3 Å². The molecule has 0 saturated carbocycles. The molecule has 0 amide bonds. The minimum absolute atomic E-state index is 0.0167. The zero-order valence-electron chi connectivity index (χ0n) is 25.5. The van der Waals surface area contributed by atoms with E-state index >= 15 is 0 Å². The SMILES string of the molecule is [C-]#[N+]/C(C#N)=C1\C=C2C=C(c3ccc(N(c4ccc(N(C)C)cc4)c4ccc(N(C)C)cc4)cc3)CCC2C(C)(C)C1. The molecular weight excluding hydrogens is 514 g/mol. The molecule has 0 saturated heterocycles. The molecule has 2 aliphatic rings. The number of hydrogen-bond donors (Lipinski definition) is 0. The van der Waals surface area contributed by atoms with Gasteiger partial charge in [-0.2, -0.15) is 0 Å². The Kier molecular flexibility index (Phi) is 7.97. The lowest BCUT2D eigenvalue weighted by molar-refractivity contribution is 0.227. The summed E-state index contributed by atoms with van der Waals surface area (Å²) in [5.41, 5.74) is 10.5. The van der Waals surface area contributed by atoms with Gasteiger partial charge in [-0.1, -0.05) is 38.1 Å². The van der Waals surface area contributed by atoms with Gasteiger partial charge in [0.15, 0.2) is 0 Å². The Balaban J connectivity index is 1.51.